The average molecular weight is 410 g/mol. The molecule has 5 aromatic rings. The van der Waals surface area contributed by atoms with Gasteiger partial charge in [-0.1, -0.05) is 42.5 Å². The van der Waals surface area contributed by atoms with E-state index in [1.54, 1.807) is 18.4 Å². The van der Waals surface area contributed by atoms with Crippen LogP contribution in [0.15, 0.2) is 82.5 Å². The van der Waals surface area contributed by atoms with Crippen molar-refractivity contribution in [3.8, 4) is 0 Å². The fourth-order valence-electron chi connectivity index (χ4n) is 3.33. The summed E-state index contributed by atoms with van der Waals surface area (Å²) in [5.41, 5.74) is 9.70. The predicted molar refractivity (Wildman–Crippen MR) is 119 cm³/mol. The van der Waals surface area contributed by atoms with Gasteiger partial charge in [-0.2, -0.15) is 9.78 Å². The van der Waals surface area contributed by atoms with Gasteiger partial charge in [-0.25, -0.2) is 9.97 Å². The fraction of sp³-hybridized carbons (Fsp3) is 0.0435. The highest BCUT2D eigenvalue weighted by atomic mass is 16.3. The molecule has 0 atom stereocenters. The number of nitrogen functional groups attached to an aromatic ring is 1. The fourth-order valence-corrected chi connectivity index (χ4v) is 3.33. The highest BCUT2D eigenvalue weighted by Gasteiger charge is 2.24. The van der Waals surface area contributed by atoms with Crippen molar-refractivity contribution >= 4 is 40.1 Å². The van der Waals surface area contributed by atoms with E-state index in [4.69, 9.17) is 10.2 Å². The first-order valence-corrected chi connectivity index (χ1v) is 9.67. The van der Waals surface area contributed by atoms with Gasteiger partial charge in [0, 0.05) is 6.54 Å². The quantitative estimate of drug-likeness (QED) is 0.430. The molecular weight excluding hydrogens is 392 g/mol. The molecular formula is C23H18N6O2. The van der Waals surface area contributed by atoms with Crippen molar-refractivity contribution in [2.24, 2.45) is 5.10 Å². The molecule has 0 aliphatic heterocycles. The van der Waals surface area contributed by atoms with Crippen molar-refractivity contribution in [3.05, 3.63) is 89.9 Å². The van der Waals surface area contributed by atoms with Crippen LogP contribution in [0.2, 0.25) is 0 Å². The molecule has 5 rings (SSSR count). The van der Waals surface area contributed by atoms with Gasteiger partial charge >= 0.3 is 0 Å². The van der Waals surface area contributed by atoms with E-state index < -0.39 is 0 Å². The zero-order chi connectivity index (χ0) is 21.2. The third-order valence-electron chi connectivity index (χ3n) is 4.84. The Labute approximate surface area is 177 Å². The van der Waals surface area contributed by atoms with E-state index in [1.807, 2.05) is 54.6 Å². The zero-order valence-corrected chi connectivity index (χ0v) is 16.4. The molecule has 0 unspecified atom stereocenters. The lowest BCUT2D eigenvalue weighted by Gasteiger charge is -2.05. The van der Waals surface area contributed by atoms with Gasteiger partial charge in [-0.3, -0.25) is 4.79 Å². The van der Waals surface area contributed by atoms with Crippen LogP contribution in [0.3, 0.4) is 0 Å². The van der Waals surface area contributed by atoms with Gasteiger partial charge < -0.3 is 15.5 Å². The largest absolute Gasteiger partial charge is 0.463 e. The van der Waals surface area contributed by atoms with E-state index in [0.717, 1.165) is 5.56 Å². The number of benzene rings is 2. The number of nitrogens with one attached hydrogen (secondary N) is 1. The lowest BCUT2D eigenvalue weighted by molar-refractivity contribution is 0.0953. The summed E-state index contributed by atoms with van der Waals surface area (Å²) in [5, 5.41) is 7.30. The van der Waals surface area contributed by atoms with Gasteiger partial charge in [0.25, 0.3) is 5.91 Å². The van der Waals surface area contributed by atoms with Crippen LogP contribution in [0.5, 0.6) is 0 Å². The first kappa shape index (κ1) is 18.6. The molecule has 0 radical (unpaired) electrons. The summed E-state index contributed by atoms with van der Waals surface area (Å²) < 4.78 is 6.71. The Morgan fingerprint density at radius 2 is 1.77 bits per heavy atom. The van der Waals surface area contributed by atoms with Crippen LogP contribution in [0.1, 0.15) is 21.7 Å². The molecule has 0 spiro atoms. The molecule has 2 aromatic carbocycles. The third-order valence-corrected chi connectivity index (χ3v) is 4.84. The minimum absolute atomic E-state index is 0.152. The summed E-state index contributed by atoms with van der Waals surface area (Å²) in [6, 6.07) is 20.6. The number of fused-ring (bicyclic) bond motifs is 2. The second-order valence-corrected chi connectivity index (χ2v) is 6.88. The summed E-state index contributed by atoms with van der Waals surface area (Å²) in [4.78, 5) is 22.4. The number of aromatic nitrogens is 3. The standard InChI is InChI=1S/C23H18N6O2/c24-21-19(23(30)25-13-15-7-2-1-3-8-15)20-22(28-18-11-5-4-10-17(18)27-20)29(21)26-14-16-9-6-12-31-16/h1-12,14H,13,24H2,(H,25,30). The minimum Gasteiger partial charge on any atom is -0.463 e. The summed E-state index contributed by atoms with van der Waals surface area (Å²) >= 11 is 0. The number of nitrogens with zero attached hydrogens (tertiary/aromatic N) is 4. The molecule has 0 bridgehead atoms. The van der Waals surface area contributed by atoms with Crippen molar-refractivity contribution in [1.29, 1.82) is 0 Å². The van der Waals surface area contributed by atoms with Crippen LogP contribution in [0, 0.1) is 0 Å². The maximum Gasteiger partial charge on any atom is 0.257 e. The molecule has 3 N–H and O–H groups in total. The Morgan fingerprint density at radius 3 is 2.52 bits per heavy atom. The number of rotatable bonds is 5. The molecule has 152 valence electrons. The Kier molecular flexibility index (Phi) is 4.64. The Bertz CT molecular complexity index is 1400. The molecule has 1 amide bonds. The van der Waals surface area contributed by atoms with Gasteiger partial charge in [-0.15, -0.1) is 0 Å². The second-order valence-electron chi connectivity index (χ2n) is 6.88. The number of anilines is 1. The lowest BCUT2D eigenvalue weighted by Crippen LogP contribution is -2.23. The minimum atomic E-state index is -0.345. The number of carbonyl (C=O) groups is 1. The predicted octanol–water partition coefficient (Wildman–Crippen LogP) is 3.57. The van der Waals surface area contributed by atoms with Crippen LogP contribution in [-0.2, 0) is 6.54 Å². The van der Waals surface area contributed by atoms with E-state index in [2.05, 4.69) is 20.4 Å². The number of nitrogens with two attached hydrogens (primary N) is 1. The van der Waals surface area contributed by atoms with E-state index in [1.165, 1.54) is 10.9 Å². The molecule has 0 saturated heterocycles. The summed E-state index contributed by atoms with van der Waals surface area (Å²) in [6.45, 7) is 0.364. The lowest BCUT2D eigenvalue weighted by atomic mass is 10.2. The van der Waals surface area contributed by atoms with Crippen molar-refractivity contribution in [2.45, 2.75) is 6.54 Å². The van der Waals surface area contributed by atoms with Gasteiger partial charge in [-0.05, 0) is 29.8 Å². The van der Waals surface area contributed by atoms with Crippen LogP contribution < -0.4 is 11.1 Å². The SMILES string of the molecule is Nc1c(C(=O)NCc2ccccc2)c2nc3ccccc3nc2n1N=Cc1ccco1. The van der Waals surface area contributed by atoms with Crippen LogP contribution in [-0.4, -0.2) is 26.8 Å². The number of amides is 1. The monoisotopic (exact) mass is 410 g/mol. The van der Waals surface area contributed by atoms with Crippen molar-refractivity contribution in [3.63, 3.8) is 0 Å². The Balaban J connectivity index is 1.61. The third kappa shape index (κ3) is 3.51. The van der Waals surface area contributed by atoms with Crippen LogP contribution in [0.25, 0.3) is 22.2 Å². The number of para-hydroxylation sites is 2. The van der Waals surface area contributed by atoms with E-state index in [0.29, 0.717) is 34.5 Å². The van der Waals surface area contributed by atoms with Gasteiger partial charge in [0.1, 0.15) is 22.7 Å². The first-order chi connectivity index (χ1) is 15.2. The molecule has 3 aromatic heterocycles. The average Bonchev–Trinajstić information content (AvgIpc) is 3.41. The smallest absolute Gasteiger partial charge is 0.257 e. The van der Waals surface area contributed by atoms with Gasteiger partial charge in [0.2, 0.25) is 0 Å². The highest BCUT2D eigenvalue weighted by molar-refractivity contribution is 6.10. The Morgan fingerprint density at radius 1 is 1.03 bits per heavy atom. The van der Waals surface area contributed by atoms with Crippen LogP contribution >= 0.6 is 0 Å². The summed E-state index contributed by atoms with van der Waals surface area (Å²) in [6.07, 6.45) is 3.06. The summed E-state index contributed by atoms with van der Waals surface area (Å²) in [7, 11) is 0. The molecule has 8 nitrogen and oxygen atoms in total. The maximum absolute atomic E-state index is 13.1. The molecule has 0 aliphatic carbocycles. The van der Waals surface area contributed by atoms with Gasteiger partial charge in [0.15, 0.2) is 5.65 Å². The van der Waals surface area contributed by atoms with E-state index in [-0.39, 0.29) is 17.3 Å². The molecule has 0 fully saturated rings. The van der Waals surface area contributed by atoms with Crippen molar-refractivity contribution < 1.29 is 9.21 Å². The molecule has 31 heavy (non-hydrogen) atoms. The first-order valence-electron chi connectivity index (χ1n) is 9.67. The molecule has 3 heterocycles. The molecule has 0 aliphatic rings. The normalized spacial score (nSPS) is 11.5. The van der Waals surface area contributed by atoms with Gasteiger partial charge in [0.05, 0.1) is 23.5 Å². The molecule has 8 heteroatoms. The number of hydrogen-bond acceptors (Lipinski definition) is 6. The van der Waals surface area contributed by atoms with E-state index >= 15 is 0 Å². The number of furan rings is 1. The topological polar surface area (TPSA) is 111 Å². The van der Waals surface area contributed by atoms with E-state index in [9.17, 15) is 4.79 Å². The maximum atomic E-state index is 13.1. The highest BCUT2D eigenvalue weighted by Crippen LogP contribution is 2.27. The molecule has 0 saturated carbocycles. The summed E-state index contributed by atoms with van der Waals surface area (Å²) in [5.74, 6) is 0.353. The Hall–Kier alpha value is -4.46. The van der Waals surface area contributed by atoms with Crippen LogP contribution in [0.4, 0.5) is 5.82 Å². The number of carbonyl (C=O) groups excluding carboxylic acids is 1. The van der Waals surface area contributed by atoms with Crippen molar-refractivity contribution in [2.75, 3.05) is 5.73 Å². The zero-order valence-electron chi connectivity index (χ0n) is 16.4. The second kappa shape index (κ2) is 7.75. The number of hydrogen-bond donors (Lipinski definition) is 2. The van der Waals surface area contributed by atoms with Crippen molar-refractivity contribution in [1.82, 2.24) is 20.0 Å².